The van der Waals surface area contributed by atoms with Crippen molar-refractivity contribution >= 4 is 17.7 Å². The molecule has 0 amide bonds. The molecule has 5 heteroatoms. The minimum absolute atomic E-state index is 0.206. The van der Waals surface area contributed by atoms with E-state index in [-0.39, 0.29) is 5.69 Å². The van der Waals surface area contributed by atoms with Crippen LogP contribution in [0.15, 0.2) is 30.3 Å². The zero-order chi connectivity index (χ0) is 19.0. The van der Waals surface area contributed by atoms with Crippen molar-refractivity contribution in [1.29, 1.82) is 0 Å². The van der Waals surface area contributed by atoms with E-state index in [1.54, 1.807) is 6.34 Å². The number of hydrogen-bond acceptors (Lipinski definition) is 1. The van der Waals surface area contributed by atoms with Gasteiger partial charge in [-0.15, -0.1) is 0 Å². The number of halogens is 3. The normalized spacial score (nSPS) is 14.5. The first-order chi connectivity index (χ1) is 12.3. The van der Waals surface area contributed by atoms with E-state index >= 15 is 0 Å². The van der Waals surface area contributed by atoms with Gasteiger partial charge in [0, 0.05) is 23.3 Å². The monoisotopic (exact) mass is 361 g/mol. The van der Waals surface area contributed by atoms with Gasteiger partial charge in [0.15, 0.2) is 17.3 Å². The average Bonchev–Trinajstić information content (AvgIpc) is 3.02. The maximum atomic E-state index is 14.1. The number of para-hydroxylation sites is 1. The van der Waals surface area contributed by atoms with Crippen LogP contribution in [0.3, 0.4) is 0 Å². The lowest BCUT2D eigenvalue weighted by molar-refractivity contribution is -0.428. The predicted molar refractivity (Wildman–Crippen MR) is 99.1 cm³/mol. The fourth-order valence-corrected chi connectivity index (χ4v) is 3.49. The predicted octanol–water partition coefficient (Wildman–Crippen LogP) is 5.54. The lowest BCUT2D eigenvalue weighted by atomic mass is 9.92. The summed E-state index contributed by atoms with van der Waals surface area (Å²) in [6.45, 7) is 9.58. The third-order valence-corrected chi connectivity index (χ3v) is 4.76. The Labute approximate surface area is 152 Å². The van der Waals surface area contributed by atoms with Gasteiger partial charge in [0.1, 0.15) is 24.6 Å². The summed E-state index contributed by atoms with van der Waals surface area (Å²) in [6, 6.07) is 7.69. The minimum atomic E-state index is -0.910. The molecule has 0 N–H and O–H groups in total. The number of rotatable bonds is 4. The van der Waals surface area contributed by atoms with E-state index in [0.717, 1.165) is 17.8 Å². The van der Waals surface area contributed by atoms with Gasteiger partial charge in [-0.2, -0.15) is 0 Å². The fraction of sp³-hybridized carbons (Fsp3) is 0.381. The molecule has 0 aromatic heterocycles. The molecule has 2 nitrogen and oxygen atoms in total. The summed E-state index contributed by atoms with van der Waals surface area (Å²) in [6.07, 6.45) is 1.73. The van der Waals surface area contributed by atoms with Crippen molar-refractivity contribution in [1.82, 2.24) is 0 Å². The van der Waals surface area contributed by atoms with Crippen LogP contribution in [0.5, 0.6) is 0 Å². The zero-order valence-electron chi connectivity index (χ0n) is 15.6. The summed E-state index contributed by atoms with van der Waals surface area (Å²) < 4.78 is 43.0. The molecule has 0 fully saturated rings. The van der Waals surface area contributed by atoms with Gasteiger partial charge < -0.3 is 0 Å². The van der Waals surface area contributed by atoms with Crippen LogP contribution in [-0.2, 0) is 0 Å². The first kappa shape index (κ1) is 18.5. The SMILES string of the molecule is CC(C)c1cccc(C(C)C)c1N1C=[N+](c2c(F)cc(F)cc2F)CC1. The number of anilines is 1. The van der Waals surface area contributed by atoms with Crippen molar-refractivity contribution < 1.29 is 17.7 Å². The molecule has 0 spiro atoms. The highest BCUT2D eigenvalue weighted by Crippen LogP contribution is 2.36. The van der Waals surface area contributed by atoms with Gasteiger partial charge in [0.05, 0.1) is 0 Å². The zero-order valence-corrected chi connectivity index (χ0v) is 15.6. The second kappa shape index (κ2) is 7.14. The van der Waals surface area contributed by atoms with Crippen LogP contribution in [0.25, 0.3) is 0 Å². The molecular formula is C21H24F3N2+. The molecule has 2 aromatic carbocycles. The largest absolute Gasteiger partial charge is 0.244 e. The van der Waals surface area contributed by atoms with Crippen molar-refractivity contribution in [3.63, 3.8) is 0 Å². The van der Waals surface area contributed by atoms with E-state index in [2.05, 4.69) is 45.9 Å². The van der Waals surface area contributed by atoms with Crippen LogP contribution in [0.2, 0.25) is 0 Å². The first-order valence-corrected chi connectivity index (χ1v) is 8.95. The van der Waals surface area contributed by atoms with Crippen molar-refractivity contribution in [3.8, 4) is 0 Å². The minimum Gasteiger partial charge on any atom is -0.229 e. The lowest BCUT2D eigenvalue weighted by Crippen LogP contribution is -2.22. The summed E-state index contributed by atoms with van der Waals surface area (Å²) in [4.78, 5) is 2.05. The fourth-order valence-electron chi connectivity index (χ4n) is 3.49. The van der Waals surface area contributed by atoms with E-state index in [1.165, 1.54) is 15.7 Å². The second-order valence-corrected chi connectivity index (χ2v) is 7.31. The van der Waals surface area contributed by atoms with Gasteiger partial charge in [-0.05, 0) is 11.8 Å². The number of hydrogen-bond donors (Lipinski definition) is 0. The maximum absolute atomic E-state index is 14.1. The van der Waals surface area contributed by atoms with Gasteiger partial charge in [-0.25, -0.2) is 22.6 Å². The van der Waals surface area contributed by atoms with Crippen LogP contribution in [0, 0.1) is 17.5 Å². The Bertz CT molecular complexity index is 807. The van der Waals surface area contributed by atoms with E-state index in [9.17, 15) is 13.2 Å². The molecule has 26 heavy (non-hydrogen) atoms. The van der Waals surface area contributed by atoms with Crippen molar-refractivity contribution in [3.05, 3.63) is 58.9 Å². The highest BCUT2D eigenvalue weighted by atomic mass is 19.1. The Kier molecular flexibility index (Phi) is 5.08. The molecule has 0 unspecified atom stereocenters. The van der Waals surface area contributed by atoms with Crippen molar-refractivity contribution in [2.24, 2.45) is 0 Å². The van der Waals surface area contributed by atoms with E-state index < -0.39 is 17.5 Å². The van der Waals surface area contributed by atoms with Gasteiger partial charge in [0.2, 0.25) is 6.34 Å². The summed E-state index contributed by atoms with van der Waals surface area (Å²) in [5.41, 5.74) is 3.30. The molecule has 138 valence electrons. The quantitative estimate of drug-likeness (QED) is 0.648. The Balaban J connectivity index is 2.09. The van der Waals surface area contributed by atoms with Crippen LogP contribution in [-0.4, -0.2) is 24.0 Å². The smallest absolute Gasteiger partial charge is 0.229 e. The highest BCUT2D eigenvalue weighted by molar-refractivity contribution is 5.82. The topological polar surface area (TPSA) is 6.25 Å². The standard InChI is InChI=1S/C21H24F3N2/c1-13(2)16-6-5-7-17(14(3)4)20(16)25-8-9-26(12-25)21-18(23)10-15(22)11-19(21)24/h5-7,10-14H,8-9H2,1-4H3/q+1. The Morgan fingerprint density at radius 3 is 1.96 bits per heavy atom. The Morgan fingerprint density at radius 1 is 0.923 bits per heavy atom. The number of benzene rings is 2. The summed E-state index contributed by atoms with van der Waals surface area (Å²) in [5.74, 6) is -2.04. The third kappa shape index (κ3) is 3.35. The lowest BCUT2D eigenvalue weighted by Gasteiger charge is -2.20. The third-order valence-electron chi connectivity index (χ3n) is 4.76. The average molecular weight is 361 g/mol. The summed E-state index contributed by atoms with van der Waals surface area (Å²) >= 11 is 0. The number of nitrogens with zero attached hydrogens (tertiary/aromatic N) is 2. The molecule has 0 saturated heterocycles. The van der Waals surface area contributed by atoms with Gasteiger partial charge in [0.25, 0.3) is 0 Å². The molecule has 0 bridgehead atoms. The van der Waals surface area contributed by atoms with Crippen molar-refractivity contribution in [2.45, 2.75) is 39.5 Å². The Morgan fingerprint density at radius 2 is 1.46 bits per heavy atom. The highest BCUT2D eigenvalue weighted by Gasteiger charge is 2.31. The molecule has 0 aliphatic carbocycles. The molecular weight excluding hydrogens is 337 g/mol. The molecule has 2 aromatic rings. The molecule has 1 aliphatic rings. The van der Waals surface area contributed by atoms with E-state index in [4.69, 9.17) is 0 Å². The maximum Gasteiger partial charge on any atom is 0.244 e. The van der Waals surface area contributed by atoms with Crippen LogP contribution < -0.4 is 4.90 Å². The summed E-state index contributed by atoms with van der Waals surface area (Å²) in [7, 11) is 0. The molecule has 1 heterocycles. The molecule has 3 rings (SSSR count). The van der Waals surface area contributed by atoms with E-state index in [0.29, 0.717) is 24.9 Å². The van der Waals surface area contributed by atoms with E-state index in [1.807, 2.05) is 4.90 Å². The van der Waals surface area contributed by atoms with Crippen LogP contribution in [0.1, 0.15) is 50.7 Å². The van der Waals surface area contributed by atoms with Crippen LogP contribution in [0.4, 0.5) is 24.5 Å². The van der Waals surface area contributed by atoms with Crippen LogP contribution >= 0.6 is 0 Å². The Hall–Kier alpha value is -2.30. The van der Waals surface area contributed by atoms with Gasteiger partial charge in [-0.1, -0.05) is 45.9 Å². The first-order valence-electron chi connectivity index (χ1n) is 8.95. The van der Waals surface area contributed by atoms with Gasteiger partial charge in [-0.3, -0.25) is 0 Å². The van der Waals surface area contributed by atoms with Gasteiger partial charge >= 0.3 is 0 Å². The molecule has 0 atom stereocenters. The second-order valence-electron chi connectivity index (χ2n) is 7.31. The molecule has 0 saturated carbocycles. The molecule has 1 aliphatic heterocycles. The van der Waals surface area contributed by atoms with Crippen molar-refractivity contribution in [2.75, 3.05) is 18.0 Å². The summed E-state index contributed by atoms with van der Waals surface area (Å²) in [5, 5.41) is 0. The molecule has 0 radical (unpaired) electrons.